The number of pyridine rings is 2. The normalized spacial score (nSPS) is 18.1. The summed E-state index contributed by atoms with van der Waals surface area (Å²) in [4.78, 5) is 24.8. The Bertz CT molecular complexity index is 1210. The number of aromatic nitrogens is 6. The van der Waals surface area contributed by atoms with Crippen LogP contribution in [0.4, 0.5) is 11.8 Å². The molecule has 5 rings (SSSR count). The van der Waals surface area contributed by atoms with Gasteiger partial charge in [-0.05, 0) is 54.8 Å². The van der Waals surface area contributed by atoms with Gasteiger partial charge in [-0.1, -0.05) is 0 Å². The van der Waals surface area contributed by atoms with Gasteiger partial charge in [-0.2, -0.15) is 14.8 Å². The minimum atomic E-state index is -0.192. The molecule has 0 amide bonds. The van der Waals surface area contributed by atoms with Crippen LogP contribution < -0.4 is 16.2 Å². The number of hydrogen-bond donors (Lipinski definition) is 2. The molecule has 1 aliphatic carbocycles. The molecule has 0 aromatic carbocycles. The average Bonchev–Trinajstić information content (AvgIpc) is 3.45. The molecule has 1 aliphatic rings. The van der Waals surface area contributed by atoms with Gasteiger partial charge in [-0.25, -0.2) is 4.98 Å². The summed E-state index contributed by atoms with van der Waals surface area (Å²) in [6.07, 6.45) is 9.48. The van der Waals surface area contributed by atoms with E-state index in [4.69, 9.17) is 4.52 Å². The van der Waals surface area contributed by atoms with E-state index in [-0.39, 0.29) is 17.6 Å². The van der Waals surface area contributed by atoms with E-state index in [1.807, 2.05) is 24.3 Å². The third-order valence-electron chi connectivity index (χ3n) is 5.16. The van der Waals surface area contributed by atoms with Crippen molar-refractivity contribution in [2.45, 2.75) is 31.3 Å². The first-order valence-corrected chi connectivity index (χ1v) is 10.0. The summed E-state index contributed by atoms with van der Waals surface area (Å²) in [5.41, 5.74) is 1.23. The zero-order chi connectivity index (χ0) is 21.0. The molecule has 10 heteroatoms. The maximum atomic E-state index is 11.9. The highest BCUT2D eigenvalue weighted by Gasteiger charge is 2.26. The molecule has 0 spiro atoms. The van der Waals surface area contributed by atoms with Gasteiger partial charge in [0.2, 0.25) is 0 Å². The number of nitrogens with one attached hydrogen (secondary N) is 2. The van der Waals surface area contributed by atoms with Crippen molar-refractivity contribution >= 4 is 11.8 Å². The Morgan fingerprint density at radius 1 is 1.00 bits per heavy atom. The van der Waals surface area contributed by atoms with Crippen molar-refractivity contribution in [3.63, 3.8) is 0 Å². The number of hydrogen-bond acceptors (Lipinski definition) is 9. The van der Waals surface area contributed by atoms with Gasteiger partial charge >= 0.3 is 0 Å². The van der Waals surface area contributed by atoms with Crippen molar-refractivity contribution in [3.05, 3.63) is 71.5 Å². The van der Waals surface area contributed by atoms with Crippen molar-refractivity contribution < 1.29 is 4.52 Å². The smallest absolute Gasteiger partial charge is 0.271 e. The van der Waals surface area contributed by atoms with Crippen LogP contribution in [0.25, 0.3) is 17.1 Å². The Morgan fingerprint density at radius 2 is 1.87 bits per heavy atom. The van der Waals surface area contributed by atoms with Crippen LogP contribution in [0.1, 0.15) is 19.3 Å². The van der Waals surface area contributed by atoms with Gasteiger partial charge in [0.25, 0.3) is 17.4 Å². The highest BCUT2D eigenvalue weighted by atomic mass is 16.5. The Balaban J connectivity index is 1.17. The van der Waals surface area contributed by atoms with Crippen molar-refractivity contribution in [2.24, 2.45) is 0 Å². The molecule has 2 atom stereocenters. The summed E-state index contributed by atoms with van der Waals surface area (Å²) in [6, 6.07) is 11.0. The highest BCUT2D eigenvalue weighted by Crippen LogP contribution is 2.26. The molecule has 0 radical (unpaired) electrons. The summed E-state index contributed by atoms with van der Waals surface area (Å²) in [5, 5.41) is 14.9. The molecule has 0 unspecified atom stereocenters. The summed E-state index contributed by atoms with van der Waals surface area (Å²) < 4.78 is 6.64. The first-order valence-electron chi connectivity index (χ1n) is 10.0. The standard InChI is InChI=1S/C21H20N8O2/c30-19-4-2-10-24-29(19)17-7-8-18(23-13-17)25-15-5-6-16(11-15)26-21-27-20(31-28-21)14-3-1-9-22-12-14/h1-4,7-10,12-13,15-16H,5-6,11H2,(H,23,25)(H,26,28)/t15-,16-/m0/s1. The van der Waals surface area contributed by atoms with Crippen LogP contribution in [0.15, 0.2) is 70.5 Å². The van der Waals surface area contributed by atoms with Gasteiger partial charge in [0.15, 0.2) is 0 Å². The lowest BCUT2D eigenvalue weighted by Crippen LogP contribution is -2.22. The number of nitrogens with zero attached hydrogens (tertiary/aromatic N) is 6. The van der Waals surface area contributed by atoms with Crippen molar-refractivity contribution in [2.75, 3.05) is 10.6 Å². The van der Waals surface area contributed by atoms with Crippen LogP contribution in [0, 0.1) is 0 Å². The Labute approximate surface area is 177 Å². The fourth-order valence-electron chi connectivity index (χ4n) is 3.67. The minimum Gasteiger partial charge on any atom is -0.367 e. The Hall–Kier alpha value is -4.08. The molecule has 0 saturated heterocycles. The van der Waals surface area contributed by atoms with E-state index in [1.165, 1.54) is 10.7 Å². The van der Waals surface area contributed by atoms with Gasteiger partial charge in [-0.3, -0.25) is 9.78 Å². The minimum absolute atomic E-state index is 0.192. The van der Waals surface area contributed by atoms with E-state index in [0.29, 0.717) is 17.5 Å². The van der Waals surface area contributed by atoms with Crippen LogP contribution in [0.3, 0.4) is 0 Å². The summed E-state index contributed by atoms with van der Waals surface area (Å²) in [7, 11) is 0. The summed E-state index contributed by atoms with van der Waals surface area (Å²) in [6.45, 7) is 0. The fraction of sp³-hybridized carbons (Fsp3) is 0.238. The van der Waals surface area contributed by atoms with Crippen LogP contribution in [0.2, 0.25) is 0 Å². The molecule has 0 bridgehead atoms. The third kappa shape index (κ3) is 4.27. The molecule has 1 fully saturated rings. The highest BCUT2D eigenvalue weighted by molar-refractivity contribution is 5.52. The van der Waals surface area contributed by atoms with Crippen LogP contribution in [-0.2, 0) is 0 Å². The summed E-state index contributed by atoms with van der Waals surface area (Å²) >= 11 is 0. The first-order chi connectivity index (χ1) is 15.2. The molecule has 1 saturated carbocycles. The maximum absolute atomic E-state index is 11.9. The van der Waals surface area contributed by atoms with Crippen molar-refractivity contribution in [3.8, 4) is 17.1 Å². The van der Waals surface area contributed by atoms with E-state index in [9.17, 15) is 4.79 Å². The largest absolute Gasteiger partial charge is 0.367 e. The lowest BCUT2D eigenvalue weighted by Gasteiger charge is -2.14. The zero-order valence-corrected chi connectivity index (χ0v) is 16.5. The first kappa shape index (κ1) is 18.9. The summed E-state index contributed by atoms with van der Waals surface area (Å²) in [5.74, 6) is 1.68. The van der Waals surface area contributed by atoms with Crippen LogP contribution in [0.5, 0.6) is 0 Å². The quantitative estimate of drug-likeness (QED) is 0.488. The van der Waals surface area contributed by atoms with Crippen LogP contribution in [-0.4, -0.2) is 42.0 Å². The molecule has 4 heterocycles. The second-order valence-corrected chi connectivity index (χ2v) is 7.34. The third-order valence-corrected chi connectivity index (χ3v) is 5.16. The van der Waals surface area contributed by atoms with Gasteiger partial charge in [0.1, 0.15) is 5.82 Å². The molecule has 0 aliphatic heterocycles. The Kier molecular flexibility index (Phi) is 5.09. The molecular formula is C21H20N8O2. The number of rotatable bonds is 6. The van der Waals surface area contributed by atoms with E-state index in [1.54, 1.807) is 30.9 Å². The molecule has 4 aromatic rings. The monoisotopic (exact) mass is 416 g/mol. The second kappa shape index (κ2) is 8.34. The lowest BCUT2D eigenvalue weighted by molar-refractivity contribution is 0.431. The molecule has 10 nitrogen and oxygen atoms in total. The molecular weight excluding hydrogens is 396 g/mol. The van der Waals surface area contributed by atoms with Gasteiger partial charge in [0, 0.05) is 36.7 Å². The molecule has 156 valence electrons. The second-order valence-electron chi connectivity index (χ2n) is 7.34. The van der Waals surface area contributed by atoms with Gasteiger partial charge < -0.3 is 15.2 Å². The van der Waals surface area contributed by atoms with E-state index >= 15 is 0 Å². The van der Waals surface area contributed by atoms with Crippen molar-refractivity contribution in [1.82, 2.24) is 29.9 Å². The van der Waals surface area contributed by atoms with Crippen molar-refractivity contribution in [1.29, 1.82) is 0 Å². The topological polar surface area (TPSA) is 124 Å². The lowest BCUT2D eigenvalue weighted by atomic mass is 10.2. The van der Waals surface area contributed by atoms with E-state index in [2.05, 4.69) is 35.8 Å². The average molecular weight is 416 g/mol. The molecule has 31 heavy (non-hydrogen) atoms. The molecule has 2 N–H and O–H groups in total. The predicted octanol–water partition coefficient (Wildman–Crippen LogP) is 2.52. The fourth-order valence-corrected chi connectivity index (χ4v) is 3.67. The molecule has 4 aromatic heterocycles. The predicted molar refractivity (Wildman–Crippen MR) is 114 cm³/mol. The SMILES string of the molecule is O=c1cccnn1-c1ccc(N[C@H]2CC[C@H](Nc3noc(-c4cccnc4)n3)C2)nc1. The zero-order valence-electron chi connectivity index (χ0n) is 16.5. The van der Waals surface area contributed by atoms with E-state index < -0.39 is 0 Å². The van der Waals surface area contributed by atoms with E-state index in [0.717, 1.165) is 30.6 Å². The van der Waals surface area contributed by atoms with Gasteiger partial charge in [0.05, 0.1) is 17.4 Å². The Morgan fingerprint density at radius 3 is 2.65 bits per heavy atom. The van der Waals surface area contributed by atoms with Crippen LogP contribution >= 0.6 is 0 Å². The number of anilines is 2. The maximum Gasteiger partial charge on any atom is 0.271 e. The van der Waals surface area contributed by atoms with Gasteiger partial charge in [-0.15, -0.1) is 0 Å².